The maximum Gasteiger partial charge on any atom is 0.328 e. The van der Waals surface area contributed by atoms with Crippen molar-refractivity contribution in [1.82, 2.24) is 19.1 Å². The number of hydrogen-bond acceptors (Lipinski definition) is 4. The van der Waals surface area contributed by atoms with Gasteiger partial charge in [-0.25, -0.2) is 9.59 Å². The van der Waals surface area contributed by atoms with Crippen LogP contribution in [0.15, 0.2) is 68.0 Å². The lowest BCUT2D eigenvalue weighted by atomic mass is 9.99. The van der Waals surface area contributed by atoms with Crippen molar-refractivity contribution in [1.29, 1.82) is 0 Å². The van der Waals surface area contributed by atoms with E-state index in [1.165, 1.54) is 47.7 Å². The summed E-state index contributed by atoms with van der Waals surface area (Å²) in [5.41, 5.74) is -0.148. The molecular formula is C38H44N4O4. The molecule has 2 heterocycles. The highest BCUT2D eigenvalue weighted by Crippen LogP contribution is 2.22. The number of unbranched alkanes of at least 4 members (excludes halogenated alkanes) is 10. The van der Waals surface area contributed by atoms with Crippen LogP contribution in [0.1, 0.15) is 113 Å². The van der Waals surface area contributed by atoms with Gasteiger partial charge in [-0.1, -0.05) is 126 Å². The molecule has 0 atom stereocenters. The van der Waals surface area contributed by atoms with Gasteiger partial charge in [0.05, 0.1) is 0 Å². The zero-order chi connectivity index (χ0) is 32.7. The number of nitrogens with zero attached hydrogens (tertiary/aromatic N) is 2. The van der Waals surface area contributed by atoms with Crippen molar-refractivity contribution in [3.8, 4) is 23.7 Å². The predicted octanol–water partition coefficient (Wildman–Crippen LogP) is 6.06. The minimum absolute atomic E-state index is 0.213. The van der Waals surface area contributed by atoms with E-state index in [9.17, 15) is 19.2 Å². The normalized spacial score (nSPS) is 10.7. The predicted molar refractivity (Wildman–Crippen MR) is 185 cm³/mol. The molecule has 8 nitrogen and oxygen atoms in total. The summed E-state index contributed by atoms with van der Waals surface area (Å²) < 4.78 is 3.04. The molecule has 2 N–H and O–H groups in total. The quantitative estimate of drug-likeness (QED) is 0.132. The third kappa shape index (κ3) is 9.59. The summed E-state index contributed by atoms with van der Waals surface area (Å²) in [6.07, 6.45) is 16.3. The van der Waals surface area contributed by atoms with Gasteiger partial charge in [0.2, 0.25) is 0 Å². The monoisotopic (exact) mass is 620 g/mol. The largest absolute Gasteiger partial charge is 0.328 e. The van der Waals surface area contributed by atoms with Gasteiger partial charge in [0.1, 0.15) is 11.1 Å². The van der Waals surface area contributed by atoms with Crippen molar-refractivity contribution < 1.29 is 0 Å². The zero-order valence-corrected chi connectivity index (χ0v) is 27.0. The lowest BCUT2D eigenvalue weighted by Crippen LogP contribution is -2.31. The fourth-order valence-electron chi connectivity index (χ4n) is 5.47. The molecule has 240 valence electrons. The van der Waals surface area contributed by atoms with Crippen molar-refractivity contribution in [3.63, 3.8) is 0 Å². The van der Waals surface area contributed by atoms with Gasteiger partial charge in [0.15, 0.2) is 0 Å². The molecule has 0 unspecified atom stereocenters. The fourth-order valence-corrected chi connectivity index (χ4v) is 5.47. The number of benzene rings is 2. The Morgan fingerprint density at radius 1 is 0.522 bits per heavy atom. The van der Waals surface area contributed by atoms with E-state index in [2.05, 4.69) is 47.5 Å². The third-order valence-electron chi connectivity index (χ3n) is 8.10. The molecule has 0 aliphatic rings. The maximum absolute atomic E-state index is 12.6. The molecule has 0 saturated heterocycles. The van der Waals surface area contributed by atoms with E-state index in [0.29, 0.717) is 24.2 Å². The Labute approximate surface area is 269 Å². The van der Waals surface area contributed by atoms with Crippen LogP contribution >= 0.6 is 0 Å². The molecule has 2 aromatic heterocycles. The van der Waals surface area contributed by atoms with E-state index in [0.717, 1.165) is 49.3 Å². The van der Waals surface area contributed by atoms with E-state index in [-0.39, 0.29) is 11.1 Å². The molecule has 0 saturated carbocycles. The van der Waals surface area contributed by atoms with E-state index in [1.807, 2.05) is 36.4 Å². The molecule has 0 fully saturated rings. The number of fused-ring (bicyclic) bond motifs is 1. The highest BCUT2D eigenvalue weighted by atomic mass is 16.2. The average molecular weight is 621 g/mol. The van der Waals surface area contributed by atoms with Gasteiger partial charge in [0, 0.05) is 42.0 Å². The second-order valence-corrected chi connectivity index (χ2v) is 11.7. The third-order valence-corrected chi connectivity index (χ3v) is 8.10. The summed E-state index contributed by atoms with van der Waals surface area (Å²) in [5.74, 6) is 12.2. The number of hydrogen-bond donors (Lipinski definition) is 2. The lowest BCUT2D eigenvalue weighted by molar-refractivity contribution is 0.542. The molecule has 0 radical (unpaired) electrons. The zero-order valence-electron chi connectivity index (χ0n) is 27.0. The number of H-pyrrole nitrogens is 2. The molecule has 2 aromatic carbocycles. The standard InChI is InChI=1S/C38H44N4O4/c1-3-5-7-9-11-13-25-41-27-32(35(43)39-37(41)45)23-21-30-19-15-17-29-18-16-20-31(34(29)30)22-24-33-28-42(38(46)40-36(33)44)26-14-12-10-8-6-4-2/h15-20,27-28H,3-14,25-26H2,1-2H3,(H,39,43,45)(H,40,44,46). The number of nitrogens with one attached hydrogen (secondary N) is 2. The summed E-state index contributed by atoms with van der Waals surface area (Å²) in [5, 5.41) is 1.70. The van der Waals surface area contributed by atoms with Crippen LogP contribution in [-0.2, 0) is 13.1 Å². The minimum atomic E-state index is -0.521. The van der Waals surface area contributed by atoms with Gasteiger partial charge >= 0.3 is 11.4 Å². The summed E-state index contributed by atoms with van der Waals surface area (Å²) in [6.45, 7) is 5.41. The Hall–Kier alpha value is -4.82. The Morgan fingerprint density at radius 3 is 1.35 bits per heavy atom. The van der Waals surface area contributed by atoms with Crippen molar-refractivity contribution in [2.45, 2.75) is 104 Å². The van der Waals surface area contributed by atoms with Crippen LogP contribution in [0.4, 0.5) is 0 Å². The minimum Gasteiger partial charge on any atom is -0.299 e. The molecular weight excluding hydrogens is 576 g/mol. The Balaban J connectivity index is 1.59. The summed E-state index contributed by atoms with van der Waals surface area (Å²) in [7, 11) is 0. The molecule has 0 bridgehead atoms. The van der Waals surface area contributed by atoms with Crippen LogP contribution < -0.4 is 22.5 Å². The van der Waals surface area contributed by atoms with Gasteiger partial charge in [-0.05, 0) is 30.4 Å². The van der Waals surface area contributed by atoms with Gasteiger partial charge < -0.3 is 0 Å². The molecule has 46 heavy (non-hydrogen) atoms. The Bertz CT molecular complexity index is 1850. The Morgan fingerprint density at radius 2 is 0.913 bits per heavy atom. The van der Waals surface area contributed by atoms with Gasteiger partial charge in [0.25, 0.3) is 11.1 Å². The second kappa shape index (κ2) is 17.6. The average Bonchev–Trinajstić information content (AvgIpc) is 3.05. The fraction of sp³-hybridized carbons (Fsp3) is 0.421. The van der Waals surface area contributed by atoms with Gasteiger partial charge in [-0.2, -0.15) is 0 Å². The van der Waals surface area contributed by atoms with Gasteiger partial charge in [-0.15, -0.1) is 0 Å². The molecule has 0 aliphatic heterocycles. The number of aromatic nitrogens is 4. The van der Waals surface area contributed by atoms with Gasteiger partial charge in [-0.3, -0.25) is 28.7 Å². The molecule has 0 amide bonds. The van der Waals surface area contributed by atoms with Crippen LogP contribution in [0.3, 0.4) is 0 Å². The van der Waals surface area contributed by atoms with E-state index in [4.69, 9.17) is 0 Å². The van der Waals surface area contributed by atoms with Crippen LogP contribution in [0.25, 0.3) is 10.8 Å². The first-order valence-corrected chi connectivity index (χ1v) is 16.6. The highest BCUT2D eigenvalue weighted by Gasteiger charge is 2.07. The first kappa shape index (κ1) is 34.1. The molecule has 4 aromatic rings. The summed E-state index contributed by atoms with van der Waals surface area (Å²) in [4.78, 5) is 54.8. The Kier molecular flexibility index (Phi) is 13.0. The lowest BCUT2D eigenvalue weighted by Gasteiger charge is -2.06. The second-order valence-electron chi connectivity index (χ2n) is 11.7. The van der Waals surface area contributed by atoms with E-state index in [1.54, 1.807) is 12.4 Å². The SMILES string of the molecule is CCCCCCCCn1cc(C#Cc2cccc3cccc(C#Cc4cn(CCCCCCCC)c(=O)[nH]c4=O)c23)c(=O)[nH]c1=O. The molecule has 0 aliphatic carbocycles. The number of aromatic amines is 2. The first-order chi connectivity index (χ1) is 22.4. The van der Waals surface area contributed by atoms with Crippen molar-refractivity contribution in [2.75, 3.05) is 0 Å². The van der Waals surface area contributed by atoms with Crippen molar-refractivity contribution in [2.24, 2.45) is 0 Å². The van der Waals surface area contributed by atoms with E-state index < -0.39 is 22.5 Å². The van der Waals surface area contributed by atoms with Crippen LogP contribution in [0.2, 0.25) is 0 Å². The molecule has 8 heteroatoms. The van der Waals surface area contributed by atoms with E-state index >= 15 is 0 Å². The number of rotatable bonds is 14. The summed E-state index contributed by atoms with van der Waals surface area (Å²) in [6, 6.07) is 11.4. The first-order valence-electron chi connectivity index (χ1n) is 16.6. The smallest absolute Gasteiger partial charge is 0.299 e. The maximum atomic E-state index is 12.6. The molecule has 4 rings (SSSR count). The van der Waals surface area contributed by atoms with Crippen LogP contribution in [0, 0.1) is 23.7 Å². The topological polar surface area (TPSA) is 110 Å². The highest BCUT2D eigenvalue weighted by molar-refractivity contribution is 5.93. The summed E-state index contributed by atoms with van der Waals surface area (Å²) >= 11 is 0. The van der Waals surface area contributed by atoms with Crippen molar-refractivity contribution in [3.05, 3.63) is 113 Å². The van der Waals surface area contributed by atoms with Crippen LogP contribution in [-0.4, -0.2) is 19.1 Å². The van der Waals surface area contributed by atoms with Crippen LogP contribution in [0.5, 0.6) is 0 Å². The number of aryl methyl sites for hydroxylation is 2. The molecule has 0 spiro atoms. The van der Waals surface area contributed by atoms with Crippen molar-refractivity contribution >= 4 is 10.8 Å².